The van der Waals surface area contributed by atoms with Gasteiger partial charge in [-0.2, -0.15) is 0 Å². The molecule has 0 aliphatic carbocycles. The molecule has 1 aliphatic rings. The number of piperazine rings is 1. The van der Waals surface area contributed by atoms with Gasteiger partial charge in [0.05, 0.1) is 19.8 Å². The molecule has 6 nitrogen and oxygen atoms in total. The van der Waals surface area contributed by atoms with Gasteiger partial charge in [0.1, 0.15) is 17.2 Å². The van der Waals surface area contributed by atoms with E-state index in [0.29, 0.717) is 30.2 Å². The normalized spacial score (nSPS) is 14.3. The maximum Gasteiger partial charge on any atom is 0.257 e. The van der Waals surface area contributed by atoms with Crippen molar-refractivity contribution in [2.24, 2.45) is 0 Å². The molecule has 1 fully saturated rings. The van der Waals surface area contributed by atoms with E-state index in [0.717, 1.165) is 18.8 Å². The average Bonchev–Trinajstić information content (AvgIpc) is 2.67. The van der Waals surface area contributed by atoms with Crippen LogP contribution in [0.15, 0.2) is 42.5 Å². The molecule has 0 spiro atoms. The number of anilines is 1. The van der Waals surface area contributed by atoms with E-state index in [1.165, 1.54) is 0 Å². The molecule has 0 unspecified atom stereocenters. The van der Waals surface area contributed by atoms with E-state index in [2.05, 4.69) is 4.90 Å². The Balaban J connectivity index is 1.70. The number of amides is 1. The maximum absolute atomic E-state index is 12.9. The van der Waals surface area contributed by atoms with Crippen LogP contribution in [0.4, 0.5) is 5.69 Å². The summed E-state index contributed by atoms with van der Waals surface area (Å²) in [4.78, 5) is 16.9. The van der Waals surface area contributed by atoms with E-state index in [1.54, 1.807) is 44.6 Å². The maximum atomic E-state index is 12.9. The van der Waals surface area contributed by atoms with E-state index in [1.807, 2.05) is 17.0 Å². The van der Waals surface area contributed by atoms with Gasteiger partial charge in [-0.3, -0.25) is 4.79 Å². The Morgan fingerprint density at radius 1 is 0.960 bits per heavy atom. The van der Waals surface area contributed by atoms with Crippen molar-refractivity contribution in [3.05, 3.63) is 48.0 Å². The molecule has 1 aliphatic heterocycles. The van der Waals surface area contributed by atoms with Crippen LogP contribution in [0.1, 0.15) is 10.4 Å². The topological polar surface area (TPSA) is 62.2 Å². The van der Waals surface area contributed by atoms with Crippen molar-refractivity contribution in [3.8, 4) is 17.2 Å². The highest BCUT2D eigenvalue weighted by Gasteiger charge is 2.25. The zero-order valence-electron chi connectivity index (χ0n) is 14.4. The number of benzene rings is 2. The van der Waals surface area contributed by atoms with Crippen molar-refractivity contribution < 1.29 is 19.4 Å². The monoisotopic (exact) mass is 342 g/mol. The minimum atomic E-state index is -0.0545. The summed E-state index contributed by atoms with van der Waals surface area (Å²) in [5.74, 6) is 1.38. The zero-order valence-corrected chi connectivity index (χ0v) is 14.4. The van der Waals surface area contributed by atoms with Crippen molar-refractivity contribution in [3.63, 3.8) is 0 Å². The van der Waals surface area contributed by atoms with Crippen LogP contribution in [0, 0.1) is 0 Å². The number of aromatic hydroxyl groups is 1. The number of hydrogen-bond acceptors (Lipinski definition) is 5. The Labute approximate surface area is 147 Å². The van der Waals surface area contributed by atoms with Gasteiger partial charge in [-0.15, -0.1) is 0 Å². The predicted molar refractivity (Wildman–Crippen MR) is 95.8 cm³/mol. The minimum Gasteiger partial charge on any atom is -0.508 e. The molecule has 0 atom stereocenters. The molecule has 132 valence electrons. The summed E-state index contributed by atoms with van der Waals surface area (Å²) in [6, 6.07) is 12.4. The Hall–Kier alpha value is -2.89. The molecule has 25 heavy (non-hydrogen) atoms. The first-order valence-electron chi connectivity index (χ1n) is 8.17. The highest BCUT2D eigenvalue weighted by Crippen LogP contribution is 2.26. The van der Waals surface area contributed by atoms with E-state index in [-0.39, 0.29) is 11.7 Å². The quantitative estimate of drug-likeness (QED) is 0.924. The van der Waals surface area contributed by atoms with Gasteiger partial charge in [0.2, 0.25) is 0 Å². The van der Waals surface area contributed by atoms with Crippen LogP contribution < -0.4 is 14.4 Å². The number of phenols is 1. The molecule has 0 saturated carbocycles. The molecule has 1 heterocycles. The number of nitrogens with zero attached hydrogens (tertiary/aromatic N) is 2. The summed E-state index contributed by atoms with van der Waals surface area (Å²) >= 11 is 0. The van der Waals surface area contributed by atoms with Gasteiger partial charge in [-0.25, -0.2) is 0 Å². The molecule has 2 aromatic rings. The third kappa shape index (κ3) is 3.63. The number of rotatable bonds is 4. The van der Waals surface area contributed by atoms with Crippen molar-refractivity contribution in [1.82, 2.24) is 4.90 Å². The van der Waals surface area contributed by atoms with Gasteiger partial charge in [-0.1, -0.05) is 0 Å². The minimum absolute atomic E-state index is 0.0545. The number of ether oxygens (including phenoxy) is 2. The second-order valence-corrected chi connectivity index (χ2v) is 5.86. The second kappa shape index (κ2) is 7.34. The van der Waals surface area contributed by atoms with E-state index < -0.39 is 0 Å². The Morgan fingerprint density at radius 2 is 1.64 bits per heavy atom. The van der Waals surface area contributed by atoms with Gasteiger partial charge >= 0.3 is 0 Å². The summed E-state index contributed by atoms with van der Waals surface area (Å²) in [7, 11) is 3.13. The van der Waals surface area contributed by atoms with Crippen molar-refractivity contribution in [2.75, 3.05) is 45.3 Å². The van der Waals surface area contributed by atoms with Crippen LogP contribution in [0.25, 0.3) is 0 Å². The summed E-state index contributed by atoms with van der Waals surface area (Å²) in [6.45, 7) is 2.73. The lowest BCUT2D eigenvalue weighted by atomic mass is 10.1. The van der Waals surface area contributed by atoms with Crippen LogP contribution in [0.5, 0.6) is 17.2 Å². The highest BCUT2D eigenvalue weighted by molar-refractivity contribution is 5.97. The van der Waals surface area contributed by atoms with Gasteiger partial charge in [0.15, 0.2) is 0 Å². The van der Waals surface area contributed by atoms with Crippen LogP contribution in [0.2, 0.25) is 0 Å². The molecular formula is C19H22N2O4. The first-order chi connectivity index (χ1) is 12.1. The third-order valence-electron chi connectivity index (χ3n) is 4.42. The number of carbonyl (C=O) groups is 1. The van der Waals surface area contributed by atoms with Gasteiger partial charge in [0, 0.05) is 31.9 Å². The van der Waals surface area contributed by atoms with Crippen LogP contribution in [-0.2, 0) is 0 Å². The molecule has 0 aromatic heterocycles. The van der Waals surface area contributed by atoms with Crippen LogP contribution in [-0.4, -0.2) is 56.3 Å². The summed E-state index contributed by atoms with van der Waals surface area (Å²) in [5, 5.41) is 9.39. The largest absolute Gasteiger partial charge is 0.508 e. The van der Waals surface area contributed by atoms with Gasteiger partial charge < -0.3 is 24.4 Å². The fourth-order valence-corrected chi connectivity index (χ4v) is 2.98. The zero-order chi connectivity index (χ0) is 17.8. The number of carbonyl (C=O) groups excluding carboxylic acids is 1. The average molecular weight is 342 g/mol. The lowest BCUT2D eigenvalue weighted by molar-refractivity contribution is 0.0743. The van der Waals surface area contributed by atoms with Crippen LogP contribution >= 0.6 is 0 Å². The third-order valence-corrected chi connectivity index (χ3v) is 4.42. The SMILES string of the molecule is COc1ccc(OC)c(C(=O)N2CCN(c3ccc(O)cc3)CC2)c1. The molecule has 1 amide bonds. The van der Waals surface area contributed by atoms with Crippen molar-refractivity contribution in [1.29, 1.82) is 0 Å². The van der Waals surface area contributed by atoms with E-state index in [4.69, 9.17) is 9.47 Å². The summed E-state index contributed by atoms with van der Waals surface area (Å²) in [6.07, 6.45) is 0. The second-order valence-electron chi connectivity index (χ2n) is 5.86. The standard InChI is InChI=1S/C19H22N2O4/c1-24-16-7-8-18(25-2)17(13-16)19(23)21-11-9-20(10-12-21)14-3-5-15(22)6-4-14/h3-8,13,22H,9-12H2,1-2H3. The number of methoxy groups -OCH3 is 2. The molecule has 3 rings (SSSR count). The van der Waals surface area contributed by atoms with Crippen molar-refractivity contribution >= 4 is 11.6 Å². The molecule has 1 saturated heterocycles. The molecular weight excluding hydrogens is 320 g/mol. The molecule has 0 bridgehead atoms. The highest BCUT2D eigenvalue weighted by atomic mass is 16.5. The lowest BCUT2D eigenvalue weighted by Gasteiger charge is -2.36. The fourth-order valence-electron chi connectivity index (χ4n) is 2.98. The van der Waals surface area contributed by atoms with Gasteiger partial charge in [0.25, 0.3) is 5.91 Å². The molecule has 0 radical (unpaired) electrons. The Bertz CT molecular complexity index is 738. The van der Waals surface area contributed by atoms with E-state index >= 15 is 0 Å². The summed E-state index contributed by atoms with van der Waals surface area (Å²) < 4.78 is 10.5. The lowest BCUT2D eigenvalue weighted by Crippen LogP contribution is -2.48. The first-order valence-corrected chi connectivity index (χ1v) is 8.17. The molecule has 6 heteroatoms. The Morgan fingerprint density at radius 3 is 2.24 bits per heavy atom. The molecule has 1 N–H and O–H groups in total. The van der Waals surface area contributed by atoms with Crippen molar-refractivity contribution in [2.45, 2.75) is 0 Å². The predicted octanol–water partition coefficient (Wildman–Crippen LogP) is 2.37. The number of phenolic OH excluding ortho intramolecular Hbond substituents is 1. The smallest absolute Gasteiger partial charge is 0.257 e. The molecule has 2 aromatic carbocycles. The number of hydrogen-bond donors (Lipinski definition) is 1. The van der Waals surface area contributed by atoms with Crippen LogP contribution in [0.3, 0.4) is 0 Å². The first kappa shape index (κ1) is 17.0. The summed E-state index contributed by atoms with van der Waals surface area (Å²) in [5.41, 5.74) is 1.56. The Kier molecular flexibility index (Phi) is 4.97. The van der Waals surface area contributed by atoms with E-state index in [9.17, 15) is 9.90 Å². The fraction of sp³-hybridized carbons (Fsp3) is 0.316. The van der Waals surface area contributed by atoms with Gasteiger partial charge in [-0.05, 0) is 42.5 Å².